The SMILES string of the molecule is COC(=O)C(C)CCC(F)=CCO. The van der Waals surface area contributed by atoms with Crippen molar-refractivity contribution in [2.75, 3.05) is 13.7 Å². The predicted octanol–water partition coefficient (Wildman–Crippen LogP) is 1.42. The summed E-state index contributed by atoms with van der Waals surface area (Å²) in [6.45, 7) is 1.37. The van der Waals surface area contributed by atoms with Crippen molar-refractivity contribution in [3.8, 4) is 0 Å². The van der Waals surface area contributed by atoms with Crippen LogP contribution in [0, 0.1) is 5.92 Å². The molecule has 0 aliphatic carbocycles. The van der Waals surface area contributed by atoms with E-state index in [-0.39, 0.29) is 24.9 Å². The average molecular weight is 190 g/mol. The van der Waals surface area contributed by atoms with Crippen LogP contribution in [0.25, 0.3) is 0 Å². The highest BCUT2D eigenvalue weighted by molar-refractivity contribution is 5.71. The largest absolute Gasteiger partial charge is 0.469 e. The van der Waals surface area contributed by atoms with Gasteiger partial charge in [0.25, 0.3) is 0 Å². The standard InChI is InChI=1S/C9H15FO3/c1-7(9(12)13-2)3-4-8(10)5-6-11/h5,7,11H,3-4,6H2,1-2H3. The van der Waals surface area contributed by atoms with Crippen LogP contribution in [-0.4, -0.2) is 24.8 Å². The molecule has 13 heavy (non-hydrogen) atoms. The fourth-order valence-electron chi connectivity index (χ4n) is 0.875. The highest BCUT2D eigenvalue weighted by Gasteiger charge is 2.12. The molecular formula is C9H15FO3. The van der Waals surface area contributed by atoms with Gasteiger partial charge in [-0.2, -0.15) is 0 Å². The van der Waals surface area contributed by atoms with Gasteiger partial charge in [-0.3, -0.25) is 4.79 Å². The van der Waals surface area contributed by atoms with Gasteiger partial charge in [0, 0.05) is 0 Å². The second-order valence-corrected chi connectivity index (χ2v) is 2.80. The van der Waals surface area contributed by atoms with E-state index < -0.39 is 5.83 Å². The van der Waals surface area contributed by atoms with E-state index in [1.807, 2.05) is 0 Å². The molecule has 0 saturated heterocycles. The molecule has 0 heterocycles. The smallest absolute Gasteiger partial charge is 0.308 e. The summed E-state index contributed by atoms with van der Waals surface area (Å²) in [5.41, 5.74) is 0. The number of carbonyl (C=O) groups is 1. The van der Waals surface area contributed by atoms with Crippen molar-refractivity contribution in [2.24, 2.45) is 5.92 Å². The molecule has 4 heteroatoms. The van der Waals surface area contributed by atoms with Gasteiger partial charge in [0.2, 0.25) is 0 Å². The summed E-state index contributed by atoms with van der Waals surface area (Å²) >= 11 is 0. The van der Waals surface area contributed by atoms with Crippen LogP contribution in [0.2, 0.25) is 0 Å². The molecule has 0 saturated carbocycles. The quantitative estimate of drug-likeness (QED) is 0.667. The third-order valence-electron chi connectivity index (χ3n) is 1.73. The zero-order valence-corrected chi connectivity index (χ0v) is 7.92. The van der Waals surface area contributed by atoms with Gasteiger partial charge >= 0.3 is 5.97 Å². The van der Waals surface area contributed by atoms with Crippen LogP contribution in [0.3, 0.4) is 0 Å². The molecule has 0 bridgehead atoms. The molecule has 0 fully saturated rings. The molecule has 0 spiro atoms. The molecule has 0 aliphatic heterocycles. The number of aliphatic hydroxyl groups excluding tert-OH is 1. The number of carbonyl (C=O) groups excluding carboxylic acids is 1. The predicted molar refractivity (Wildman–Crippen MR) is 46.7 cm³/mol. The van der Waals surface area contributed by atoms with Gasteiger partial charge in [0.1, 0.15) is 0 Å². The lowest BCUT2D eigenvalue weighted by molar-refractivity contribution is -0.145. The maximum absolute atomic E-state index is 12.7. The number of aliphatic hydroxyl groups is 1. The molecule has 3 nitrogen and oxygen atoms in total. The molecule has 0 amide bonds. The van der Waals surface area contributed by atoms with Gasteiger partial charge in [0.15, 0.2) is 0 Å². The Morgan fingerprint density at radius 1 is 1.69 bits per heavy atom. The first kappa shape index (κ1) is 12.1. The lowest BCUT2D eigenvalue weighted by Gasteiger charge is -2.07. The van der Waals surface area contributed by atoms with Gasteiger partial charge in [-0.1, -0.05) is 6.92 Å². The van der Waals surface area contributed by atoms with Gasteiger partial charge in [-0.15, -0.1) is 0 Å². The number of allylic oxidation sites excluding steroid dienone is 1. The van der Waals surface area contributed by atoms with E-state index in [9.17, 15) is 9.18 Å². The van der Waals surface area contributed by atoms with Crippen LogP contribution in [0.5, 0.6) is 0 Å². The van der Waals surface area contributed by atoms with Crippen LogP contribution in [0.15, 0.2) is 11.9 Å². The van der Waals surface area contributed by atoms with Crippen LogP contribution >= 0.6 is 0 Å². The van der Waals surface area contributed by atoms with Crippen LogP contribution < -0.4 is 0 Å². The van der Waals surface area contributed by atoms with E-state index in [4.69, 9.17) is 5.11 Å². The maximum Gasteiger partial charge on any atom is 0.308 e. The lowest BCUT2D eigenvalue weighted by atomic mass is 10.1. The highest BCUT2D eigenvalue weighted by atomic mass is 19.1. The minimum atomic E-state index is -0.391. The first-order valence-electron chi connectivity index (χ1n) is 4.15. The van der Waals surface area contributed by atoms with E-state index in [1.165, 1.54) is 7.11 Å². The van der Waals surface area contributed by atoms with E-state index in [0.717, 1.165) is 6.08 Å². The number of methoxy groups -OCH3 is 1. The summed E-state index contributed by atoms with van der Waals surface area (Å²) in [4.78, 5) is 10.9. The van der Waals surface area contributed by atoms with Crippen molar-refractivity contribution in [1.29, 1.82) is 0 Å². The third kappa shape index (κ3) is 5.36. The Labute approximate surface area is 77.2 Å². The third-order valence-corrected chi connectivity index (χ3v) is 1.73. The summed E-state index contributed by atoms with van der Waals surface area (Å²) < 4.78 is 17.2. The Bertz CT molecular complexity index is 189. The number of hydrogen-bond acceptors (Lipinski definition) is 3. The summed E-state index contributed by atoms with van der Waals surface area (Å²) in [6, 6.07) is 0. The number of esters is 1. The van der Waals surface area contributed by atoms with Crippen molar-refractivity contribution >= 4 is 5.97 Å². The Morgan fingerprint density at radius 2 is 2.31 bits per heavy atom. The van der Waals surface area contributed by atoms with Gasteiger partial charge < -0.3 is 9.84 Å². The molecule has 0 radical (unpaired) electrons. The molecule has 0 aromatic rings. The fraction of sp³-hybridized carbons (Fsp3) is 0.667. The molecule has 76 valence electrons. The first-order valence-corrected chi connectivity index (χ1v) is 4.15. The monoisotopic (exact) mass is 190 g/mol. The van der Waals surface area contributed by atoms with Crippen molar-refractivity contribution < 1.29 is 19.0 Å². The summed E-state index contributed by atoms with van der Waals surface area (Å²) in [7, 11) is 1.30. The Hall–Kier alpha value is -0.900. The number of hydrogen-bond donors (Lipinski definition) is 1. The lowest BCUT2D eigenvalue weighted by Crippen LogP contribution is -2.12. The maximum atomic E-state index is 12.7. The normalized spacial score (nSPS) is 14.0. The van der Waals surface area contributed by atoms with E-state index in [0.29, 0.717) is 6.42 Å². The van der Waals surface area contributed by atoms with Gasteiger partial charge in [0.05, 0.1) is 25.5 Å². The van der Waals surface area contributed by atoms with E-state index in [2.05, 4.69) is 4.74 Å². The molecular weight excluding hydrogens is 175 g/mol. The van der Waals surface area contributed by atoms with Crippen molar-refractivity contribution in [1.82, 2.24) is 0 Å². The second kappa shape index (κ2) is 6.60. The molecule has 1 N–H and O–H groups in total. The number of ether oxygens (including phenoxy) is 1. The Morgan fingerprint density at radius 3 is 2.77 bits per heavy atom. The Balaban J connectivity index is 3.75. The number of rotatable bonds is 5. The molecule has 0 aliphatic rings. The van der Waals surface area contributed by atoms with Crippen LogP contribution in [0.1, 0.15) is 19.8 Å². The molecule has 0 rings (SSSR count). The molecule has 0 aromatic heterocycles. The minimum absolute atomic E-state index is 0.164. The van der Waals surface area contributed by atoms with Crippen molar-refractivity contribution in [3.63, 3.8) is 0 Å². The molecule has 1 atom stereocenters. The average Bonchev–Trinajstić information content (AvgIpc) is 2.13. The molecule has 0 aromatic carbocycles. The van der Waals surface area contributed by atoms with Gasteiger partial charge in [-0.05, 0) is 18.9 Å². The zero-order chi connectivity index (χ0) is 10.3. The van der Waals surface area contributed by atoms with Crippen molar-refractivity contribution in [2.45, 2.75) is 19.8 Å². The van der Waals surface area contributed by atoms with Gasteiger partial charge in [-0.25, -0.2) is 4.39 Å². The summed E-state index contributed by atoms with van der Waals surface area (Å²) in [6.07, 6.45) is 1.65. The highest BCUT2D eigenvalue weighted by Crippen LogP contribution is 2.13. The molecule has 1 unspecified atom stereocenters. The van der Waals surface area contributed by atoms with E-state index >= 15 is 0 Å². The summed E-state index contributed by atoms with van der Waals surface area (Å²) in [5.74, 6) is -1.03. The number of halogens is 1. The first-order chi connectivity index (χ1) is 6.11. The summed E-state index contributed by atoms with van der Waals surface area (Å²) in [5, 5.41) is 8.35. The van der Waals surface area contributed by atoms with Crippen LogP contribution in [0.4, 0.5) is 4.39 Å². The van der Waals surface area contributed by atoms with Crippen molar-refractivity contribution in [3.05, 3.63) is 11.9 Å². The van der Waals surface area contributed by atoms with E-state index in [1.54, 1.807) is 6.92 Å². The minimum Gasteiger partial charge on any atom is -0.469 e. The topological polar surface area (TPSA) is 46.5 Å². The second-order valence-electron chi connectivity index (χ2n) is 2.80. The zero-order valence-electron chi connectivity index (χ0n) is 7.92. The fourth-order valence-corrected chi connectivity index (χ4v) is 0.875. The van der Waals surface area contributed by atoms with Crippen LogP contribution in [-0.2, 0) is 9.53 Å². The Kier molecular flexibility index (Phi) is 6.14.